The van der Waals surface area contributed by atoms with Crippen LogP contribution in [-0.4, -0.2) is 32.3 Å². The predicted molar refractivity (Wildman–Crippen MR) is 53.1 cm³/mol. The van der Waals surface area contributed by atoms with E-state index < -0.39 is 10.0 Å². The summed E-state index contributed by atoms with van der Waals surface area (Å²) in [7, 11) is -3.11. The van der Waals surface area contributed by atoms with Crippen molar-refractivity contribution in [1.29, 1.82) is 0 Å². The van der Waals surface area contributed by atoms with Crippen LogP contribution in [0.1, 0.15) is 27.2 Å². The van der Waals surface area contributed by atoms with Crippen molar-refractivity contribution in [2.75, 3.05) is 12.3 Å². The number of sulfonamides is 1. The number of hydrogen-bond acceptors (Lipinski definition) is 3. The average Bonchev–Trinajstić information content (AvgIpc) is 1.73. The Morgan fingerprint density at radius 3 is 2.31 bits per heavy atom. The molecule has 5 heteroatoms. The number of nitrogens with one attached hydrogen (secondary N) is 2. The molecule has 4 nitrogen and oxygen atoms in total. The van der Waals surface area contributed by atoms with Gasteiger partial charge in [-0.2, -0.15) is 0 Å². The molecule has 1 saturated heterocycles. The fraction of sp³-hybridized carbons (Fsp3) is 1.00. The highest BCUT2D eigenvalue weighted by molar-refractivity contribution is 7.89. The third-order valence-corrected chi connectivity index (χ3v) is 3.57. The molecule has 0 bridgehead atoms. The highest BCUT2D eigenvalue weighted by Crippen LogP contribution is 2.08. The van der Waals surface area contributed by atoms with Crippen LogP contribution in [-0.2, 0) is 10.0 Å². The van der Waals surface area contributed by atoms with Gasteiger partial charge in [0.15, 0.2) is 0 Å². The molecule has 13 heavy (non-hydrogen) atoms. The first-order chi connectivity index (χ1) is 5.79. The Morgan fingerprint density at radius 1 is 1.46 bits per heavy atom. The first kappa shape index (κ1) is 10.9. The van der Waals surface area contributed by atoms with Gasteiger partial charge in [0.05, 0.1) is 5.75 Å². The van der Waals surface area contributed by atoms with E-state index in [2.05, 4.69) is 10.0 Å². The van der Waals surface area contributed by atoms with Gasteiger partial charge in [-0.15, -0.1) is 0 Å². The van der Waals surface area contributed by atoms with Crippen LogP contribution in [0, 0.1) is 0 Å². The minimum absolute atomic E-state index is 0.153. The molecule has 1 unspecified atom stereocenters. The quantitative estimate of drug-likeness (QED) is 0.687. The van der Waals surface area contributed by atoms with Gasteiger partial charge >= 0.3 is 0 Å². The zero-order valence-corrected chi connectivity index (χ0v) is 9.24. The van der Waals surface area contributed by atoms with Gasteiger partial charge in [0, 0.05) is 11.6 Å². The van der Waals surface area contributed by atoms with E-state index in [0.29, 0.717) is 0 Å². The van der Waals surface area contributed by atoms with Gasteiger partial charge in [0.1, 0.15) is 0 Å². The summed E-state index contributed by atoms with van der Waals surface area (Å²) in [4.78, 5) is 0. The largest absolute Gasteiger partial charge is 0.313 e. The summed E-state index contributed by atoms with van der Waals surface area (Å²) in [6.07, 6.45) is 0.963. The van der Waals surface area contributed by atoms with Crippen molar-refractivity contribution < 1.29 is 8.42 Å². The lowest BCUT2D eigenvalue weighted by Gasteiger charge is -2.29. The van der Waals surface area contributed by atoms with Gasteiger partial charge in [-0.05, 0) is 33.7 Å². The molecule has 0 radical (unpaired) electrons. The van der Waals surface area contributed by atoms with Crippen LogP contribution >= 0.6 is 0 Å². The maximum atomic E-state index is 11.5. The van der Waals surface area contributed by atoms with Crippen LogP contribution < -0.4 is 10.0 Å². The number of hydrogen-bond donors (Lipinski definition) is 2. The molecule has 1 aliphatic rings. The van der Waals surface area contributed by atoms with Crippen molar-refractivity contribution in [3.05, 3.63) is 0 Å². The molecule has 0 amide bonds. The van der Waals surface area contributed by atoms with Gasteiger partial charge in [-0.25, -0.2) is 13.1 Å². The van der Waals surface area contributed by atoms with Crippen molar-refractivity contribution >= 4 is 10.0 Å². The third kappa shape index (κ3) is 4.06. The summed E-state index contributed by atoms with van der Waals surface area (Å²) < 4.78 is 25.6. The van der Waals surface area contributed by atoms with Crippen LogP contribution in [0.25, 0.3) is 0 Å². The second kappa shape index (κ2) is 3.55. The van der Waals surface area contributed by atoms with E-state index in [9.17, 15) is 8.42 Å². The summed E-state index contributed by atoms with van der Waals surface area (Å²) >= 11 is 0. The van der Waals surface area contributed by atoms with E-state index in [0.717, 1.165) is 13.0 Å². The summed E-state index contributed by atoms with van der Waals surface area (Å²) in [5.41, 5.74) is -0.372. The molecule has 78 valence electrons. The summed E-state index contributed by atoms with van der Waals surface area (Å²) in [6, 6.07) is 0.153. The highest BCUT2D eigenvalue weighted by atomic mass is 32.2. The zero-order valence-electron chi connectivity index (χ0n) is 8.42. The Kier molecular flexibility index (Phi) is 2.99. The monoisotopic (exact) mass is 206 g/mol. The lowest BCUT2D eigenvalue weighted by atomic mass is 10.1. The first-order valence-electron chi connectivity index (χ1n) is 4.53. The van der Waals surface area contributed by atoms with Crippen molar-refractivity contribution in [3.8, 4) is 0 Å². The first-order valence-corrected chi connectivity index (χ1v) is 6.19. The van der Waals surface area contributed by atoms with Gasteiger partial charge in [0.2, 0.25) is 10.0 Å². The second-order valence-electron chi connectivity index (χ2n) is 4.57. The summed E-state index contributed by atoms with van der Waals surface area (Å²) in [6.45, 7) is 6.48. The Labute approximate surface area is 80.1 Å². The van der Waals surface area contributed by atoms with Gasteiger partial charge in [0.25, 0.3) is 0 Å². The Morgan fingerprint density at radius 2 is 2.00 bits per heavy atom. The molecule has 0 saturated carbocycles. The minimum atomic E-state index is -3.11. The molecule has 0 spiro atoms. The molecule has 0 aromatic rings. The Hall–Kier alpha value is -0.130. The molecule has 1 rings (SSSR count). The molecule has 0 aromatic carbocycles. The van der Waals surface area contributed by atoms with E-state index >= 15 is 0 Å². The molecule has 1 heterocycles. The van der Waals surface area contributed by atoms with Crippen LogP contribution in [0.2, 0.25) is 0 Å². The third-order valence-electron chi connectivity index (χ3n) is 1.81. The molecular weight excluding hydrogens is 188 g/mol. The van der Waals surface area contributed by atoms with Gasteiger partial charge in [-0.1, -0.05) is 0 Å². The van der Waals surface area contributed by atoms with Crippen molar-refractivity contribution in [2.45, 2.75) is 38.8 Å². The van der Waals surface area contributed by atoms with E-state index in [1.54, 1.807) is 0 Å². The molecule has 0 aliphatic carbocycles. The molecular formula is C8H18N2O2S. The van der Waals surface area contributed by atoms with Gasteiger partial charge in [-0.3, -0.25) is 0 Å². The van der Waals surface area contributed by atoms with Crippen LogP contribution in [0.3, 0.4) is 0 Å². The van der Waals surface area contributed by atoms with Crippen LogP contribution in [0.4, 0.5) is 0 Å². The SMILES string of the molecule is CC(C)(C)NS(=O)(=O)CC1CCN1. The maximum Gasteiger partial charge on any atom is 0.213 e. The van der Waals surface area contributed by atoms with Crippen LogP contribution in [0.5, 0.6) is 0 Å². The molecule has 1 aliphatic heterocycles. The zero-order chi connectivity index (χ0) is 10.1. The lowest BCUT2D eigenvalue weighted by Crippen LogP contribution is -2.51. The lowest BCUT2D eigenvalue weighted by molar-refractivity contribution is 0.394. The van der Waals surface area contributed by atoms with E-state index in [1.165, 1.54) is 0 Å². The summed E-state index contributed by atoms with van der Waals surface area (Å²) in [5, 5.41) is 3.07. The van der Waals surface area contributed by atoms with E-state index in [-0.39, 0.29) is 17.3 Å². The van der Waals surface area contributed by atoms with Crippen molar-refractivity contribution in [3.63, 3.8) is 0 Å². The molecule has 1 fully saturated rings. The second-order valence-corrected chi connectivity index (χ2v) is 6.34. The predicted octanol–water partition coefficient (Wildman–Crippen LogP) is 0.0662. The Balaban J connectivity index is 2.46. The fourth-order valence-corrected chi connectivity index (χ4v) is 3.09. The minimum Gasteiger partial charge on any atom is -0.313 e. The molecule has 1 atom stereocenters. The molecule has 2 N–H and O–H groups in total. The molecule has 0 aromatic heterocycles. The smallest absolute Gasteiger partial charge is 0.213 e. The summed E-state index contributed by atoms with van der Waals surface area (Å²) in [5.74, 6) is 0.199. The van der Waals surface area contributed by atoms with Crippen molar-refractivity contribution in [1.82, 2.24) is 10.0 Å². The fourth-order valence-electron chi connectivity index (χ4n) is 1.26. The van der Waals surface area contributed by atoms with Gasteiger partial charge < -0.3 is 5.32 Å². The van der Waals surface area contributed by atoms with Crippen LogP contribution in [0.15, 0.2) is 0 Å². The number of rotatable bonds is 3. The van der Waals surface area contributed by atoms with E-state index in [1.807, 2.05) is 20.8 Å². The Bertz CT molecular complexity index is 262. The highest BCUT2D eigenvalue weighted by Gasteiger charge is 2.26. The average molecular weight is 206 g/mol. The van der Waals surface area contributed by atoms with E-state index in [4.69, 9.17) is 0 Å². The van der Waals surface area contributed by atoms with Crippen molar-refractivity contribution in [2.24, 2.45) is 0 Å². The normalized spacial score (nSPS) is 24.1. The standard InChI is InChI=1S/C8H18N2O2S/c1-8(2,3)10-13(11,12)6-7-4-5-9-7/h7,9-10H,4-6H2,1-3H3. The maximum absolute atomic E-state index is 11.5. The topological polar surface area (TPSA) is 58.2 Å².